The van der Waals surface area contributed by atoms with E-state index in [2.05, 4.69) is 37.2 Å². The van der Waals surface area contributed by atoms with E-state index in [1.54, 1.807) is 12.1 Å². The maximum absolute atomic E-state index is 12.3. The minimum Gasteiger partial charge on any atom is -0.507 e. The molecule has 1 amide bonds. The van der Waals surface area contributed by atoms with Gasteiger partial charge in [0.2, 0.25) is 0 Å². The molecular formula is C15H13Br2NO2. The molecule has 2 aromatic carbocycles. The van der Waals surface area contributed by atoms with E-state index in [9.17, 15) is 9.90 Å². The quantitative estimate of drug-likeness (QED) is 0.725. The number of anilines is 1. The Morgan fingerprint density at radius 1 is 1.25 bits per heavy atom. The van der Waals surface area contributed by atoms with Crippen molar-refractivity contribution in [3.63, 3.8) is 0 Å². The van der Waals surface area contributed by atoms with Gasteiger partial charge in [0.15, 0.2) is 0 Å². The highest BCUT2D eigenvalue weighted by molar-refractivity contribution is 9.10. The summed E-state index contributed by atoms with van der Waals surface area (Å²) in [4.78, 5) is 12.4. The number of phenolic OH excluding ortho intramolecular Hbond substituents is 1. The Morgan fingerprint density at radius 3 is 2.65 bits per heavy atom. The van der Waals surface area contributed by atoms with Gasteiger partial charge in [-0.15, -0.1) is 0 Å². The first-order valence-electron chi connectivity index (χ1n) is 6.02. The lowest BCUT2D eigenvalue weighted by Gasteiger charge is -2.13. The topological polar surface area (TPSA) is 49.3 Å². The molecule has 2 aromatic rings. The number of carbonyl (C=O) groups is 1. The molecule has 3 nitrogen and oxygen atoms in total. The van der Waals surface area contributed by atoms with E-state index in [0.29, 0.717) is 0 Å². The van der Waals surface area contributed by atoms with E-state index in [1.165, 1.54) is 6.07 Å². The van der Waals surface area contributed by atoms with Gasteiger partial charge in [-0.1, -0.05) is 50.1 Å². The lowest BCUT2D eigenvalue weighted by Crippen LogP contribution is -2.13. The van der Waals surface area contributed by atoms with E-state index in [-0.39, 0.29) is 22.0 Å². The Kier molecular flexibility index (Phi) is 4.83. The molecule has 20 heavy (non-hydrogen) atoms. The van der Waals surface area contributed by atoms with Gasteiger partial charge in [0.05, 0.1) is 5.56 Å². The van der Waals surface area contributed by atoms with Crippen LogP contribution in [0.3, 0.4) is 0 Å². The summed E-state index contributed by atoms with van der Waals surface area (Å²) in [5.41, 5.74) is 1.94. The second kappa shape index (κ2) is 6.41. The minimum absolute atomic E-state index is 0.0462. The summed E-state index contributed by atoms with van der Waals surface area (Å²) in [5.74, 6) is -0.389. The van der Waals surface area contributed by atoms with Crippen molar-refractivity contribution in [1.29, 1.82) is 0 Å². The molecule has 0 aliphatic heterocycles. The molecule has 0 fully saturated rings. The van der Waals surface area contributed by atoms with Crippen LogP contribution in [0.5, 0.6) is 5.75 Å². The van der Waals surface area contributed by atoms with Crippen LogP contribution in [0.4, 0.5) is 5.69 Å². The fourth-order valence-electron chi connectivity index (χ4n) is 1.84. The molecule has 0 aliphatic carbocycles. The van der Waals surface area contributed by atoms with Gasteiger partial charge in [-0.2, -0.15) is 0 Å². The molecule has 5 heteroatoms. The summed E-state index contributed by atoms with van der Waals surface area (Å²) < 4.78 is 0.739. The van der Waals surface area contributed by atoms with Gasteiger partial charge < -0.3 is 10.4 Å². The first-order valence-corrected chi connectivity index (χ1v) is 7.73. The van der Waals surface area contributed by atoms with Gasteiger partial charge in [0, 0.05) is 15.0 Å². The van der Waals surface area contributed by atoms with Gasteiger partial charge in [-0.3, -0.25) is 4.79 Å². The van der Waals surface area contributed by atoms with Crippen molar-refractivity contribution >= 4 is 43.5 Å². The van der Waals surface area contributed by atoms with Crippen molar-refractivity contribution < 1.29 is 9.90 Å². The third kappa shape index (κ3) is 3.41. The van der Waals surface area contributed by atoms with Crippen molar-refractivity contribution in [3.8, 4) is 5.75 Å². The Morgan fingerprint density at radius 2 is 1.95 bits per heavy atom. The van der Waals surface area contributed by atoms with Crippen LogP contribution in [0.2, 0.25) is 0 Å². The highest BCUT2D eigenvalue weighted by atomic mass is 79.9. The normalized spacial score (nSPS) is 11.9. The number of nitrogens with one attached hydrogen (secondary N) is 1. The number of rotatable bonds is 3. The number of carbonyl (C=O) groups excluding carboxylic acids is 1. The van der Waals surface area contributed by atoms with Gasteiger partial charge in [-0.05, 0) is 36.8 Å². The number of hydrogen-bond acceptors (Lipinski definition) is 2. The molecule has 2 rings (SSSR count). The van der Waals surface area contributed by atoms with Gasteiger partial charge in [0.25, 0.3) is 5.91 Å². The second-order valence-corrected chi connectivity index (χ2v) is 6.61. The lowest BCUT2D eigenvalue weighted by molar-refractivity contribution is 0.102. The van der Waals surface area contributed by atoms with Gasteiger partial charge in [0.1, 0.15) is 5.75 Å². The fraction of sp³-hybridized carbons (Fsp3) is 0.133. The van der Waals surface area contributed by atoms with Crippen LogP contribution in [-0.2, 0) is 0 Å². The van der Waals surface area contributed by atoms with Gasteiger partial charge in [-0.25, -0.2) is 0 Å². The zero-order valence-electron chi connectivity index (χ0n) is 10.7. The SMILES string of the molecule is CC(Br)c1ccccc1NC(=O)c1cc(Br)ccc1O. The third-order valence-corrected chi connectivity index (χ3v) is 3.83. The average molecular weight is 399 g/mol. The number of amides is 1. The zero-order valence-corrected chi connectivity index (χ0v) is 13.9. The molecule has 0 saturated heterocycles. The molecule has 2 N–H and O–H groups in total. The molecule has 0 saturated carbocycles. The van der Waals surface area contributed by atoms with Crippen LogP contribution < -0.4 is 5.32 Å². The summed E-state index contributed by atoms with van der Waals surface area (Å²) in [7, 11) is 0. The first-order chi connectivity index (χ1) is 9.49. The number of phenols is 1. The number of alkyl halides is 1. The summed E-state index contributed by atoms with van der Waals surface area (Å²) in [6, 6.07) is 12.3. The molecule has 0 aromatic heterocycles. The average Bonchev–Trinajstić information content (AvgIpc) is 2.41. The molecular weight excluding hydrogens is 386 g/mol. The second-order valence-electron chi connectivity index (χ2n) is 4.32. The highest BCUT2D eigenvalue weighted by Crippen LogP contribution is 2.30. The van der Waals surface area contributed by atoms with Crippen molar-refractivity contribution in [2.24, 2.45) is 0 Å². The maximum Gasteiger partial charge on any atom is 0.259 e. The molecule has 0 spiro atoms. The number of para-hydroxylation sites is 1. The highest BCUT2D eigenvalue weighted by Gasteiger charge is 2.14. The standard InChI is InChI=1S/C15H13Br2NO2/c1-9(16)11-4-2-3-5-13(11)18-15(20)12-8-10(17)6-7-14(12)19/h2-9,19H,1H3,(H,18,20). The number of aromatic hydroxyl groups is 1. The van der Waals surface area contributed by atoms with E-state index in [4.69, 9.17) is 0 Å². The summed E-state index contributed by atoms with van der Waals surface area (Å²) in [5, 5.41) is 12.6. The number of halogens is 2. The van der Waals surface area contributed by atoms with Crippen LogP contribution in [0, 0.1) is 0 Å². The van der Waals surface area contributed by atoms with Gasteiger partial charge >= 0.3 is 0 Å². The Labute approximate surface area is 134 Å². The molecule has 0 radical (unpaired) electrons. The first kappa shape index (κ1) is 15.1. The molecule has 1 unspecified atom stereocenters. The van der Waals surface area contributed by atoms with Crippen molar-refractivity contribution in [2.75, 3.05) is 5.32 Å². The smallest absolute Gasteiger partial charge is 0.259 e. The molecule has 104 valence electrons. The summed E-state index contributed by atoms with van der Waals surface area (Å²) in [6.07, 6.45) is 0. The Balaban J connectivity index is 2.31. The van der Waals surface area contributed by atoms with Crippen LogP contribution >= 0.6 is 31.9 Å². The number of hydrogen-bond donors (Lipinski definition) is 2. The minimum atomic E-state index is -0.343. The monoisotopic (exact) mass is 397 g/mol. The third-order valence-electron chi connectivity index (χ3n) is 2.84. The number of benzene rings is 2. The molecule has 1 atom stereocenters. The Bertz CT molecular complexity index is 642. The summed E-state index contributed by atoms with van der Waals surface area (Å²) in [6.45, 7) is 1.99. The van der Waals surface area contributed by atoms with Crippen molar-refractivity contribution in [2.45, 2.75) is 11.8 Å². The molecule has 0 bridgehead atoms. The van der Waals surface area contributed by atoms with Crippen molar-refractivity contribution in [3.05, 3.63) is 58.1 Å². The van der Waals surface area contributed by atoms with E-state index >= 15 is 0 Å². The largest absolute Gasteiger partial charge is 0.507 e. The lowest BCUT2D eigenvalue weighted by atomic mass is 10.1. The van der Waals surface area contributed by atoms with E-state index in [1.807, 2.05) is 31.2 Å². The van der Waals surface area contributed by atoms with E-state index in [0.717, 1.165) is 15.7 Å². The predicted molar refractivity (Wildman–Crippen MR) is 87.5 cm³/mol. The van der Waals surface area contributed by atoms with Crippen LogP contribution in [-0.4, -0.2) is 11.0 Å². The van der Waals surface area contributed by atoms with E-state index < -0.39 is 0 Å². The van der Waals surface area contributed by atoms with Crippen LogP contribution in [0.25, 0.3) is 0 Å². The zero-order chi connectivity index (χ0) is 14.7. The van der Waals surface area contributed by atoms with Crippen LogP contribution in [0.15, 0.2) is 46.9 Å². The fourth-order valence-corrected chi connectivity index (χ4v) is 2.60. The van der Waals surface area contributed by atoms with Crippen LogP contribution in [0.1, 0.15) is 27.7 Å². The Hall–Kier alpha value is -1.33. The van der Waals surface area contributed by atoms with Crippen molar-refractivity contribution in [1.82, 2.24) is 0 Å². The molecule has 0 aliphatic rings. The molecule has 0 heterocycles. The maximum atomic E-state index is 12.3. The summed E-state index contributed by atoms with van der Waals surface area (Å²) >= 11 is 6.79. The predicted octanol–water partition coefficient (Wildman–Crippen LogP) is 4.86.